The van der Waals surface area contributed by atoms with Gasteiger partial charge in [-0.05, 0) is 37.8 Å². The molecule has 1 aliphatic carbocycles. The summed E-state index contributed by atoms with van der Waals surface area (Å²) in [5.41, 5.74) is 6.11. The summed E-state index contributed by atoms with van der Waals surface area (Å²) in [5.74, 6) is 0. The third kappa shape index (κ3) is 3.94. The molecule has 3 nitrogen and oxygen atoms in total. The van der Waals surface area contributed by atoms with Crippen LogP contribution < -0.4 is 5.73 Å². The van der Waals surface area contributed by atoms with Gasteiger partial charge in [0.15, 0.2) is 0 Å². The van der Waals surface area contributed by atoms with Crippen molar-refractivity contribution in [1.29, 1.82) is 0 Å². The first-order valence-corrected chi connectivity index (χ1v) is 7.77. The fourth-order valence-corrected chi connectivity index (χ4v) is 3.18. The first-order chi connectivity index (χ1) is 8.61. The van der Waals surface area contributed by atoms with Crippen LogP contribution in [-0.4, -0.2) is 55.1 Å². The Morgan fingerprint density at radius 3 is 2.22 bits per heavy atom. The van der Waals surface area contributed by atoms with Crippen LogP contribution in [0.1, 0.15) is 46.0 Å². The predicted molar refractivity (Wildman–Crippen MR) is 77.7 cm³/mol. The van der Waals surface area contributed by atoms with E-state index < -0.39 is 0 Å². The molecule has 0 radical (unpaired) electrons. The second kappa shape index (κ2) is 6.36. The molecular formula is C15H31N3. The van der Waals surface area contributed by atoms with Crippen molar-refractivity contribution in [3.63, 3.8) is 0 Å². The summed E-state index contributed by atoms with van der Waals surface area (Å²) in [6.45, 7) is 11.7. The molecule has 0 unspecified atom stereocenters. The normalized spacial score (nSPS) is 24.8. The van der Waals surface area contributed by atoms with E-state index >= 15 is 0 Å². The van der Waals surface area contributed by atoms with Gasteiger partial charge in [-0.3, -0.25) is 4.90 Å². The minimum Gasteiger partial charge on any atom is -0.330 e. The summed E-state index contributed by atoms with van der Waals surface area (Å²) >= 11 is 0. The molecule has 2 aliphatic rings. The topological polar surface area (TPSA) is 32.5 Å². The Morgan fingerprint density at radius 1 is 1.06 bits per heavy atom. The summed E-state index contributed by atoms with van der Waals surface area (Å²) in [7, 11) is 0. The second-order valence-corrected chi connectivity index (χ2v) is 6.93. The van der Waals surface area contributed by atoms with Crippen molar-refractivity contribution in [2.24, 2.45) is 11.1 Å². The maximum atomic E-state index is 5.80. The number of hydrogen-bond donors (Lipinski definition) is 1. The molecule has 1 aliphatic heterocycles. The summed E-state index contributed by atoms with van der Waals surface area (Å²) in [6.07, 6.45) is 7.03. The van der Waals surface area contributed by atoms with Crippen LogP contribution in [0.2, 0.25) is 0 Å². The van der Waals surface area contributed by atoms with E-state index in [4.69, 9.17) is 5.73 Å². The van der Waals surface area contributed by atoms with E-state index in [9.17, 15) is 0 Å². The Morgan fingerprint density at radius 2 is 1.67 bits per heavy atom. The van der Waals surface area contributed by atoms with Gasteiger partial charge >= 0.3 is 0 Å². The van der Waals surface area contributed by atoms with E-state index in [1.807, 2.05) is 0 Å². The van der Waals surface area contributed by atoms with Crippen molar-refractivity contribution >= 4 is 0 Å². The van der Waals surface area contributed by atoms with E-state index in [1.165, 1.54) is 64.8 Å². The van der Waals surface area contributed by atoms with Crippen molar-refractivity contribution in [1.82, 2.24) is 9.80 Å². The lowest BCUT2D eigenvalue weighted by Gasteiger charge is -2.39. The van der Waals surface area contributed by atoms with Gasteiger partial charge in [0, 0.05) is 32.2 Å². The highest BCUT2D eigenvalue weighted by Crippen LogP contribution is 2.25. The van der Waals surface area contributed by atoms with Gasteiger partial charge < -0.3 is 10.6 Å². The third-order valence-corrected chi connectivity index (χ3v) is 4.91. The van der Waals surface area contributed by atoms with Gasteiger partial charge in [-0.25, -0.2) is 0 Å². The lowest BCUT2D eigenvalue weighted by molar-refractivity contribution is 0.0899. The second-order valence-electron chi connectivity index (χ2n) is 6.93. The Hall–Kier alpha value is -0.120. The average Bonchev–Trinajstić information content (AvgIpc) is 2.91. The fraction of sp³-hybridized carbons (Fsp3) is 1.00. The first-order valence-electron chi connectivity index (χ1n) is 7.77. The molecule has 1 saturated heterocycles. The molecule has 3 heteroatoms. The Labute approximate surface area is 113 Å². The SMILES string of the molecule is CC(C)(CN)CCN1CCN(C2CCCC2)CC1. The molecule has 0 spiro atoms. The molecule has 0 amide bonds. The van der Waals surface area contributed by atoms with Crippen LogP contribution in [-0.2, 0) is 0 Å². The van der Waals surface area contributed by atoms with Gasteiger partial charge in [-0.15, -0.1) is 0 Å². The average molecular weight is 253 g/mol. The predicted octanol–water partition coefficient (Wildman–Crippen LogP) is 1.92. The van der Waals surface area contributed by atoms with Gasteiger partial charge in [-0.1, -0.05) is 26.7 Å². The number of nitrogens with zero attached hydrogens (tertiary/aromatic N) is 2. The molecule has 0 atom stereocenters. The molecule has 2 rings (SSSR count). The van der Waals surface area contributed by atoms with Gasteiger partial charge in [0.1, 0.15) is 0 Å². The molecule has 1 saturated carbocycles. The van der Waals surface area contributed by atoms with Crippen LogP contribution in [0.25, 0.3) is 0 Å². The molecule has 0 aromatic carbocycles. The highest BCUT2D eigenvalue weighted by Gasteiger charge is 2.26. The molecule has 18 heavy (non-hydrogen) atoms. The summed E-state index contributed by atoms with van der Waals surface area (Å²) in [5, 5.41) is 0. The molecule has 0 bridgehead atoms. The largest absolute Gasteiger partial charge is 0.330 e. The van der Waals surface area contributed by atoms with Gasteiger partial charge in [0.25, 0.3) is 0 Å². The zero-order valence-electron chi connectivity index (χ0n) is 12.3. The maximum absolute atomic E-state index is 5.80. The van der Waals surface area contributed by atoms with Crippen molar-refractivity contribution in [3.05, 3.63) is 0 Å². The summed E-state index contributed by atoms with van der Waals surface area (Å²) in [6, 6.07) is 0.910. The fourth-order valence-electron chi connectivity index (χ4n) is 3.18. The van der Waals surface area contributed by atoms with Crippen molar-refractivity contribution in [3.8, 4) is 0 Å². The number of piperazine rings is 1. The smallest absolute Gasteiger partial charge is 0.0113 e. The van der Waals surface area contributed by atoms with Crippen LogP contribution in [0, 0.1) is 5.41 Å². The van der Waals surface area contributed by atoms with Crippen LogP contribution in [0.15, 0.2) is 0 Å². The van der Waals surface area contributed by atoms with E-state index in [0.717, 1.165) is 12.6 Å². The van der Waals surface area contributed by atoms with Crippen LogP contribution >= 0.6 is 0 Å². The number of nitrogens with two attached hydrogens (primary N) is 1. The summed E-state index contributed by atoms with van der Waals surface area (Å²) < 4.78 is 0. The molecule has 2 fully saturated rings. The van der Waals surface area contributed by atoms with E-state index in [1.54, 1.807) is 0 Å². The van der Waals surface area contributed by atoms with Gasteiger partial charge in [0.2, 0.25) is 0 Å². The number of rotatable bonds is 5. The lowest BCUT2D eigenvalue weighted by Crippen LogP contribution is -2.50. The molecule has 2 N–H and O–H groups in total. The van der Waals surface area contributed by atoms with E-state index in [-0.39, 0.29) is 0 Å². The first kappa shape index (κ1) is 14.3. The van der Waals surface area contributed by atoms with Gasteiger partial charge in [0.05, 0.1) is 0 Å². The summed E-state index contributed by atoms with van der Waals surface area (Å²) in [4.78, 5) is 5.36. The van der Waals surface area contributed by atoms with Gasteiger partial charge in [-0.2, -0.15) is 0 Å². The van der Waals surface area contributed by atoms with E-state index in [0.29, 0.717) is 5.41 Å². The minimum absolute atomic E-state index is 0.308. The quantitative estimate of drug-likeness (QED) is 0.812. The molecule has 0 aromatic rings. The van der Waals surface area contributed by atoms with Crippen LogP contribution in [0.3, 0.4) is 0 Å². The zero-order chi connectivity index (χ0) is 13.0. The lowest BCUT2D eigenvalue weighted by atomic mass is 9.89. The number of hydrogen-bond acceptors (Lipinski definition) is 3. The standard InChI is InChI=1S/C15H31N3/c1-15(2,13-16)7-8-17-9-11-18(12-10-17)14-5-3-4-6-14/h14H,3-13,16H2,1-2H3. The van der Waals surface area contributed by atoms with Crippen molar-refractivity contribution in [2.45, 2.75) is 52.0 Å². The zero-order valence-corrected chi connectivity index (χ0v) is 12.3. The monoisotopic (exact) mass is 253 g/mol. The Balaban J connectivity index is 1.67. The Kier molecular flexibility index (Phi) is 5.05. The maximum Gasteiger partial charge on any atom is 0.0113 e. The molecule has 0 aromatic heterocycles. The van der Waals surface area contributed by atoms with Crippen LogP contribution in [0.4, 0.5) is 0 Å². The molecule has 106 valence electrons. The minimum atomic E-state index is 0.308. The highest BCUT2D eigenvalue weighted by atomic mass is 15.3. The third-order valence-electron chi connectivity index (χ3n) is 4.91. The van der Waals surface area contributed by atoms with Crippen molar-refractivity contribution < 1.29 is 0 Å². The highest BCUT2D eigenvalue weighted by molar-refractivity contribution is 4.82. The van der Waals surface area contributed by atoms with E-state index in [2.05, 4.69) is 23.6 Å². The molecular weight excluding hydrogens is 222 g/mol. The molecule has 1 heterocycles. The van der Waals surface area contributed by atoms with Crippen LogP contribution in [0.5, 0.6) is 0 Å². The van der Waals surface area contributed by atoms with Crippen molar-refractivity contribution in [2.75, 3.05) is 39.3 Å². The Bertz CT molecular complexity index is 238.